The van der Waals surface area contributed by atoms with Crippen LogP contribution in [0, 0.1) is 13.8 Å². The number of benzene rings is 1. The zero-order valence-electron chi connectivity index (χ0n) is 13.8. The quantitative estimate of drug-likeness (QED) is 0.806. The summed E-state index contributed by atoms with van der Waals surface area (Å²) in [6, 6.07) is 8.06. The fourth-order valence-electron chi connectivity index (χ4n) is 2.84. The Morgan fingerprint density at radius 1 is 1.29 bits per heavy atom. The number of H-pyrrole nitrogens is 1. The topological polar surface area (TPSA) is 62.3 Å². The van der Waals surface area contributed by atoms with Crippen molar-refractivity contribution < 1.29 is 9.59 Å². The Morgan fingerprint density at radius 2 is 2.04 bits per heavy atom. The molecule has 2 aromatic rings. The third kappa shape index (κ3) is 3.35. The summed E-state index contributed by atoms with van der Waals surface area (Å²) in [4.78, 5) is 31.9. The Bertz CT molecular complexity index is 853. The lowest BCUT2D eigenvalue weighted by molar-refractivity contribution is 0.101. The lowest BCUT2D eigenvalue weighted by Gasteiger charge is -2.13. The highest BCUT2D eigenvalue weighted by Crippen LogP contribution is 2.34. The number of aromatic amines is 1. The molecule has 1 aliphatic rings. The standard InChI is InChI=1S/C18H18N2O2S2/c1-10-16(12(3)21)11(2)19-17(10)15(22)9-24-18-20-14-7-5-4-6-13(14)8-23-18/h4-7,19H,8-9H2,1-3H3. The average Bonchev–Trinajstić information content (AvgIpc) is 2.87. The van der Waals surface area contributed by atoms with Crippen LogP contribution in [0.15, 0.2) is 29.3 Å². The Kier molecular flexibility index (Phi) is 4.96. The van der Waals surface area contributed by atoms with Crippen LogP contribution in [-0.2, 0) is 5.75 Å². The summed E-state index contributed by atoms with van der Waals surface area (Å²) in [6.07, 6.45) is 0. The molecule has 0 radical (unpaired) electrons. The smallest absolute Gasteiger partial charge is 0.189 e. The van der Waals surface area contributed by atoms with E-state index in [1.54, 1.807) is 11.8 Å². The highest BCUT2D eigenvalue weighted by molar-refractivity contribution is 8.38. The first-order valence-electron chi connectivity index (χ1n) is 7.63. The number of hydrogen-bond donors (Lipinski definition) is 1. The van der Waals surface area contributed by atoms with Crippen molar-refractivity contribution in [3.63, 3.8) is 0 Å². The predicted molar refractivity (Wildman–Crippen MR) is 102 cm³/mol. The minimum Gasteiger partial charge on any atom is -0.355 e. The van der Waals surface area contributed by atoms with Crippen molar-refractivity contribution in [2.45, 2.75) is 26.5 Å². The maximum Gasteiger partial charge on any atom is 0.189 e. The number of fused-ring (bicyclic) bond motifs is 1. The van der Waals surface area contributed by atoms with Crippen LogP contribution in [0.2, 0.25) is 0 Å². The van der Waals surface area contributed by atoms with Crippen LogP contribution < -0.4 is 0 Å². The molecule has 1 aromatic heterocycles. The van der Waals surface area contributed by atoms with Gasteiger partial charge in [-0.15, -0.1) is 0 Å². The molecule has 0 atom stereocenters. The molecule has 1 aromatic carbocycles. The van der Waals surface area contributed by atoms with Gasteiger partial charge in [0.2, 0.25) is 0 Å². The van der Waals surface area contributed by atoms with Gasteiger partial charge in [-0.3, -0.25) is 9.59 Å². The van der Waals surface area contributed by atoms with E-state index in [-0.39, 0.29) is 11.6 Å². The van der Waals surface area contributed by atoms with E-state index in [0.717, 1.165) is 27.1 Å². The molecule has 0 bridgehead atoms. The van der Waals surface area contributed by atoms with Crippen molar-refractivity contribution in [2.75, 3.05) is 5.75 Å². The number of aliphatic imine (C=N–C) groups is 1. The molecule has 0 saturated heterocycles. The van der Waals surface area contributed by atoms with Crippen molar-refractivity contribution in [1.29, 1.82) is 0 Å². The Balaban J connectivity index is 1.72. The second-order valence-electron chi connectivity index (χ2n) is 5.69. The number of aromatic nitrogens is 1. The number of carbonyl (C=O) groups is 2. The van der Waals surface area contributed by atoms with Gasteiger partial charge in [-0.25, -0.2) is 4.99 Å². The molecule has 0 spiro atoms. The van der Waals surface area contributed by atoms with Gasteiger partial charge < -0.3 is 4.98 Å². The summed E-state index contributed by atoms with van der Waals surface area (Å²) in [5.74, 6) is 1.17. The van der Waals surface area contributed by atoms with Crippen LogP contribution in [-0.4, -0.2) is 26.7 Å². The van der Waals surface area contributed by atoms with Crippen molar-refractivity contribution in [3.8, 4) is 0 Å². The van der Waals surface area contributed by atoms with Gasteiger partial charge in [0, 0.05) is 17.0 Å². The monoisotopic (exact) mass is 358 g/mol. The summed E-state index contributed by atoms with van der Waals surface area (Å²) in [5.41, 5.74) is 4.87. The summed E-state index contributed by atoms with van der Waals surface area (Å²) < 4.78 is 0.912. The fraction of sp³-hybridized carbons (Fsp3) is 0.278. The molecular formula is C18H18N2O2S2. The molecule has 1 aliphatic heterocycles. The normalized spacial score (nSPS) is 13.4. The molecule has 0 saturated carbocycles. The van der Waals surface area contributed by atoms with Crippen LogP contribution in [0.25, 0.3) is 0 Å². The maximum atomic E-state index is 12.5. The zero-order valence-corrected chi connectivity index (χ0v) is 15.4. The van der Waals surface area contributed by atoms with Gasteiger partial charge in [0.15, 0.2) is 11.6 Å². The number of nitrogens with zero attached hydrogens (tertiary/aromatic N) is 1. The Morgan fingerprint density at radius 3 is 2.75 bits per heavy atom. The minimum absolute atomic E-state index is 0.00439. The average molecular weight is 358 g/mol. The van der Waals surface area contributed by atoms with Crippen molar-refractivity contribution in [3.05, 3.63) is 52.3 Å². The summed E-state index contributed by atoms with van der Waals surface area (Å²) in [6.45, 7) is 5.17. The summed E-state index contributed by atoms with van der Waals surface area (Å²) in [5, 5.41) is 0. The van der Waals surface area contributed by atoms with Gasteiger partial charge in [0.05, 0.1) is 17.1 Å². The van der Waals surface area contributed by atoms with Crippen LogP contribution in [0.5, 0.6) is 0 Å². The number of aryl methyl sites for hydroxylation is 1. The van der Waals surface area contributed by atoms with Gasteiger partial charge in [-0.05, 0) is 38.0 Å². The predicted octanol–water partition coefficient (Wildman–Crippen LogP) is 4.68. The van der Waals surface area contributed by atoms with E-state index in [1.807, 2.05) is 32.0 Å². The van der Waals surface area contributed by atoms with Gasteiger partial charge in [-0.1, -0.05) is 41.7 Å². The minimum atomic E-state index is -0.0169. The number of thioether (sulfide) groups is 2. The van der Waals surface area contributed by atoms with Crippen molar-refractivity contribution >= 4 is 45.2 Å². The number of rotatable bonds is 4. The van der Waals surface area contributed by atoms with Gasteiger partial charge in [0.25, 0.3) is 0 Å². The SMILES string of the molecule is CC(=O)c1c(C)[nH]c(C(=O)CSC2=Nc3ccccc3CS2)c1C. The molecule has 3 rings (SSSR count). The van der Waals surface area contributed by atoms with E-state index in [0.29, 0.717) is 17.0 Å². The largest absolute Gasteiger partial charge is 0.355 e. The molecular weight excluding hydrogens is 340 g/mol. The molecule has 124 valence electrons. The molecule has 0 amide bonds. The second-order valence-corrected chi connectivity index (χ2v) is 7.87. The molecule has 4 nitrogen and oxygen atoms in total. The molecule has 0 fully saturated rings. The maximum absolute atomic E-state index is 12.5. The van der Waals surface area contributed by atoms with E-state index in [2.05, 4.69) is 16.0 Å². The van der Waals surface area contributed by atoms with E-state index in [9.17, 15) is 9.59 Å². The fourth-order valence-corrected chi connectivity index (χ4v) is 4.78. The van der Waals surface area contributed by atoms with E-state index >= 15 is 0 Å². The molecule has 0 aliphatic carbocycles. The van der Waals surface area contributed by atoms with Gasteiger partial charge in [0.1, 0.15) is 4.38 Å². The summed E-state index contributed by atoms with van der Waals surface area (Å²) in [7, 11) is 0. The highest BCUT2D eigenvalue weighted by atomic mass is 32.2. The number of para-hydroxylation sites is 1. The molecule has 24 heavy (non-hydrogen) atoms. The number of nitrogens with one attached hydrogen (secondary N) is 1. The van der Waals surface area contributed by atoms with E-state index in [1.165, 1.54) is 24.2 Å². The third-order valence-electron chi connectivity index (χ3n) is 3.95. The molecule has 0 unspecified atom stereocenters. The van der Waals surface area contributed by atoms with Crippen LogP contribution >= 0.6 is 23.5 Å². The van der Waals surface area contributed by atoms with Crippen LogP contribution in [0.3, 0.4) is 0 Å². The first kappa shape index (κ1) is 17.0. The Hall–Kier alpha value is -1.79. The van der Waals surface area contributed by atoms with E-state index in [4.69, 9.17) is 0 Å². The van der Waals surface area contributed by atoms with Crippen LogP contribution in [0.1, 0.15) is 44.6 Å². The van der Waals surface area contributed by atoms with E-state index < -0.39 is 0 Å². The summed E-state index contributed by atoms with van der Waals surface area (Å²) >= 11 is 3.11. The van der Waals surface area contributed by atoms with Crippen LogP contribution in [0.4, 0.5) is 5.69 Å². The Labute approximate surface area is 149 Å². The number of hydrogen-bond acceptors (Lipinski definition) is 5. The highest BCUT2D eigenvalue weighted by Gasteiger charge is 2.21. The van der Waals surface area contributed by atoms with Gasteiger partial charge in [-0.2, -0.15) is 0 Å². The lowest BCUT2D eigenvalue weighted by atomic mass is 10.1. The first-order valence-corrected chi connectivity index (χ1v) is 9.60. The van der Waals surface area contributed by atoms with Crippen molar-refractivity contribution in [1.82, 2.24) is 4.98 Å². The molecule has 2 heterocycles. The number of ketones is 2. The number of Topliss-reactive ketones (excluding diaryl/α,β-unsaturated/α-hetero) is 2. The second kappa shape index (κ2) is 6.99. The third-order valence-corrected chi connectivity index (χ3v) is 6.20. The zero-order chi connectivity index (χ0) is 17.3. The molecule has 1 N–H and O–H groups in total. The molecule has 6 heteroatoms. The van der Waals surface area contributed by atoms with Crippen molar-refractivity contribution in [2.24, 2.45) is 4.99 Å². The van der Waals surface area contributed by atoms with Gasteiger partial charge >= 0.3 is 0 Å². The first-order chi connectivity index (χ1) is 11.5. The number of carbonyl (C=O) groups excluding carboxylic acids is 2. The lowest BCUT2D eigenvalue weighted by Crippen LogP contribution is -2.07.